The third-order valence-corrected chi connectivity index (χ3v) is 3.35. The number of benzene rings is 1. The molecule has 0 saturated carbocycles. The molecule has 2 atom stereocenters. The lowest BCUT2D eigenvalue weighted by Gasteiger charge is -2.29. The number of carboxylic acids is 1. The normalized spacial score (nSPS) is 14.0. The second-order valence-electron chi connectivity index (χ2n) is 8.29. The molecule has 2 N–H and O–H groups in total. The number of carbonyl (C=O) groups excluding carboxylic acids is 2. The number of amides is 1. The van der Waals surface area contributed by atoms with E-state index in [1.165, 1.54) is 0 Å². The zero-order valence-corrected chi connectivity index (χ0v) is 16.7. The van der Waals surface area contributed by atoms with Gasteiger partial charge in [-0.1, -0.05) is 30.3 Å². The van der Waals surface area contributed by atoms with Crippen molar-refractivity contribution in [2.45, 2.75) is 65.2 Å². The van der Waals surface area contributed by atoms with Gasteiger partial charge in [-0.05, 0) is 53.5 Å². The first-order chi connectivity index (χ1) is 12.3. The van der Waals surface area contributed by atoms with E-state index in [1.807, 2.05) is 6.07 Å². The summed E-state index contributed by atoms with van der Waals surface area (Å²) in [6.07, 6.45) is -0.826. The minimum atomic E-state index is -1.39. The standard InChI is InChI=1S/C20H29NO6/c1-19(2,3)26-17(24)15(21-18(25)27-20(4,5)6)14(16(22)23)12-13-10-8-7-9-11-13/h7-11,14-15H,12H2,1-6H3,(H,21,25)(H,22,23)/t14-,15-/m0/s1. The number of hydrogen-bond acceptors (Lipinski definition) is 5. The van der Waals surface area contributed by atoms with Crippen molar-refractivity contribution in [3.05, 3.63) is 35.9 Å². The van der Waals surface area contributed by atoms with Crippen LogP contribution in [0.15, 0.2) is 30.3 Å². The third kappa shape index (κ3) is 8.57. The number of esters is 1. The van der Waals surface area contributed by atoms with Crippen LogP contribution in [-0.4, -0.2) is 40.4 Å². The fourth-order valence-corrected chi connectivity index (χ4v) is 2.34. The van der Waals surface area contributed by atoms with E-state index < -0.39 is 41.2 Å². The number of nitrogens with one attached hydrogen (secondary N) is 1. The maximum absolute atomic E-state index is 12.6. The van der Waals surface area contributed by atoms with Crippen LogP contribution in [0, 0.1) is 5.92 Å². The van der Waals surface area contributed by atoms with Gasteiger partial charge in [0.25, 0.3) is 0 Å². The molecule has 0 aliphatic heterocycles. The second kappa shape index (κ2) is 8.88. The fourth-order valence-electron chi connectivity index (χ4n) is 2.34. The molecule has 0 aliphatic rings. The summed E-state index contributed by atoms with van der Waals surface area (Å²) in [7, 11) is 0. The molecule has 0 heterocycles. The Bertz CT molecular complexity index is 657. The highest BCUT2D eigenvalue weighted by molar-refractivity contribution is 5.87. The summed E-state index contributed by atoms with van der Waals surface area (Å²) in [6.45, 7) is 10.0. The molecule has 0 saturated heterocycles. The van der Waals surface area contributed by atoms with Crippen molar-refractivity contribution in [2.75, 3.05) is 0 Å². The quantitative estimate of drug-likeness (QED) is 0.736. The van der Waals surface area contributed by atoms with Crippen LogP contribution in [0.1, 0.15) is 47.1 Å². The van der Waals surface area contributed by atoms with Gasteiger partial charge in [0.2, 0.25) is 0 Å². The topological polar surface area (TPSA) is 102 Å². The van der Waals surface area contributed by atoms with Crippen molar-refractivity contribution in [3.63, 3.8) is 0 Å². The van der Waals surface area contributed by atoms with Gasteiger partial charge in [0.05, 0.1) is 5.92 Å². The number of aliphatic carboxylic acids is 1. The molecular weight excluding hydrogens is 350 g/mol. The van der Waals surface area contributed by atoms with Crippen LogP contribution in [0.5, 0.6) is 0 Å². The second-order valence-corrected chi connectivity index (χ2v) is 8.29. The number of alkyl carbamates (subject to hydrolysis) is 1. The molecule has 0 aliphatic carbocycles. The maximum atomic E-state index is 12.6. The summed E-state index contributed by atoms with van der Waals surface area (Å²) in [5, 5.41) is 12.1. The Hall–Kier alpha value is -2.57. The molecule has 7 heteroatoms. The molecule has 150 valence electrons. The molecule has 7 nitrogen and oxygen atoms in total. The Labute approximate surface area is 160 Å². The van der Waals surface area contributed by atoms with Crippen LogP contribution in [0.25, 0.3) is 0 Å². The highest BCUT2D eigenvalue weighted by atomic mass is 16.6. The Morgan fingerprint density at radius 1 is 0.963 bits per heavy atom. The predicted octanol–water partition coefficient (Wildman–Crippen LogP) is 3.16. The predicted molar refractivity (Wildman–Crippen MR) is 100 cm³/mol. The molecular formula is C20H29NO6. The number of ether oxygens (including phenoxy) is 2. The van der Waals surface area contributed by atoms with Crippen molar-refractivity contribution in [3.8, 4) is 0 Å². The van der Waals surface area contributed by atoms with Crippen LogP contribution >= 0.6 is 0 Å². The molecule has 0 aromatic heterocycles. The largest absolute Gasteiger partial charge is 0.481 e. The van der Waals surface area contributed by atoms with E-state index in [4.69, 9.17) is 9.47 Å². The van der Waals surface area contributed by atoms with E-state index in [0.29, 0.717) is 0 Å². The Balaban J connectivity index is 3.12. The van der Waals surface area contributed by atoms with Gasteiger partial charge in [-0.2, -0.15) is 0 Å². The van der Waals surface area contributed by atoms with Crippen molar-refractivity contribution in [1.82, 2.24) is 5.32 Å². The van der Waals surface area contributed by atoms with Crippen LogP contribution in [0.4, 0.5) is 4.79 Å². The van der Waals surface area contributed by atoms with Gasteiger partial charge in [-0.3, -0.25) is 4.79 Å². The molecule has 0 unspecified atom stereocenters. The lowest BCUT2D eigenvalue weighted by molar-refractivity contribution is -0.163. The van der Waals surface area contributed by atoms with Gasteiger partial charge in [-0.15, -0.1) is 0 Å². The first-order valence-electron chi connectivity index (χ1n) is 8.77. The van der Waals surface area contributed by atoms with Crippen molar-refractivity contribution < 1.29 is 29.0 Å². The number of carboxylic acid groups (broad SMARTS) is 1. The van der Waals surface area contributed by atoms with Crippen LogP contribution in [-0.2, 0) is 25.5 Å². The SMILES string of the molecule is CC(C)(C)OC(=O)N[C@H](C(=O)OC(C)(C)C)[C@H](Cc1ccccc1)C(=O)O. The smallest absolute Gasteiger partial charge is 0.408 e. The van der Waals surface area contributed by atoms with Gasteiger partial charge >= 0.3 is 18.0 Å². The average Bonchev–Trinajstić information content (AvgIpc) is 2.48. The molecule has 1 aromatic rings. The van der Waals surface area contributed by atoms with Gasteiger partial charge < -0.3 is 19.9 Å². The summed E-state index contributed by atoms with van der Waals surface area (Å²) < 4.78 is 10.5. The van der Waals surface area contributed by atoms with Crippen LogP contribution in [0.2, 0.25) is 0 Å². The minimum Gasteiger partial charge on any atom is -0.481 e. The number of carbonyl (C=O) groups is 3. The highest BCUT2D eigenvalue weighted by Gasteiger charge is 2.39. The Morgan fingerprint density at radius 2 is 1.48 bits per heavy atom. The van der Waals surface area contributed by atoms with E-state index in [2.05, 4.69) is 5.32 Å². The summed E-state index contributed by atoms with van der Waals surface area (Å²) in [6, 6.07) is 7.49. The molecule has 0 fully saturated rings. The van der Waals surface area contributed by atoms with E-state index in [-0.39, 0.29) is 6.42 Å². The Kier molecular flexibility index (Phi) is 7.39. The summed E-state index contributed by atoms with van der Waals surface area (Å²) in [5.41, 5.74) is -0.897. The molecule has 1 rings (SSSR count). The molecule has 0 spiro atoms. The zero-order valence-electron chi connectivity index (χ0n) is 16.7. The van der Waals surface area contributed by atoms with Crippen LogP contribution in [0.3, 0.4) is 0 Å². The summed E-state index contributed by atoms with van der Waals surface area (Å²) in [4.78, 5) is 36.7. The average molecular weight is 379 g/mol. The number of hydrogen-bond donors (Lipinski definition) is 2. The highest BCUT2D eigenvalue weighted by Crippen LogP contribution is 2.18. The summed E-state index contributed by atoms with van der Waals surface area (Å²) >= 11 is 0. The van der Waals surface area contributed by atoms with E-state index in [0.717, 1.165) is 5.56 Å². The molecule has 0 bridgehead atoms. The van der Waals surface area contributed by atoms with Crippen molar-refractivity contribution in [1.29, 1.82) is 0 Å². The molecule has 27 heavy (non-hydrogen) atoms. The van der Waals surface area contributed by atoms with Gasteiger partial charge in [-0.25, -0.2) is 9.59 Å². The minimum absolute atomic E-state index is 0.0515. The molecule has 1 aromatic carbocycles. The van der Waals surface area contributed by atoms with Crippen LogP contribution < -0.4 is 5.32 Å². The van der Waals surface area contributed by atoms with E-state index in [1.54, 1.807) is 65.8 Å². The third-order valence-electron chi connectivity index (χ3n) is 3.35. The Morgan fingerprint density at radius 3 is 1.93 bits per heavy atom. The lowest BCUT2D eigenvalue weighted by Crippen LogP contribution is -2.52. The van der Waals surface area contributed by atoms with E-state index in [9.17, 15) is 19.5 Å². The van der Waals surface area contributed by atoms with Gasteiger partial charge in [0, 0.05) is 0 Å². The monoisotopic (exact) mass is 379 g/mol. The maximum Gasteiger partial charge on any atom is 0.408 e. The first-order valence-corrected chi connectivity index (χ1v) is 8.77. The number of rotatable bonds is 6. The molecule has 1 amide bonds. The molecule has 0 radical (unpaired) electrons. The first kappa shape index (κ1) is 22.5. The zero-order chi connectivity index (χ0) is 20.8. The van der Waals surface area contributed by atoms with Crippen molar-refractivity contribution in [2.24, 2.45) is 5.92 Å². The lowest BCUT2D eigenvalue weighted by atomic mass is 9.92. The van der Waals surface area contributed by atoms with Gasteiger partial charge in [0.1, 0.15) is 17.2 Å². The summed E-state index contributed by atoms with van der Waals surface area (Å²) in [5.74, 6) is -3.25. The van der Waals surface area contributed by atoms with Gasteiger partial charge in [0.15, 0.2) is 0 Å². The van der Waals surface area contributed by atoms with E-state index >= 15 is 0 Å². The van der Waals surface area contributed by atoms with Crippen molar-refractivity contribution >= 4 is 18.0 Å². The fraction of sp³-hybridized carbons (Fsp3) is 0.550.